The average molecular weight is 266 g/mol. The Morgan fingerprint density at radius 3 is 2.79 bits per heavy atom. The number of nitrogens with one attached hydrogen (secondary N) is 1. The van der Waals surface area contributed by atoms with Gasteiger partial charge in [0.15, 0.2) is 11.6 Å². The molecule has 1 aromatic rings. The third-order valence-electron chi connectivity index (χ3n) is 3.10. The van der Waals surface area contributed by atoms with Crippen LogP contribution in [0.4, 0.5) is 10.1 Å². The topological polar surface area (TPSA) is 58.6 Å². The number of benzene rings is 1. The molecule has 0 bridgehead atoms. The first kappa shape index (κ1) is 13.3. The molecule has 0 aromatic heterocycles. The van der Waals surface area contributed by atoms with Crippen molar-refractivity contribution in [3.8, 4) is 5.75 Å². The maximum atomic E-state index is 13.7. The SMILES string of the molecule is CCC1C(=O)NCC(=O)N1c1ccc(OC)c(F)c1. The maximum absolute atomic E-state index is 13.7. The summed E-state index contributed by atoms with van der Waals surface area (Å²) in [7, 11) is 1.37. The Bertz CT molecular complexity index is 519. The number of carbonyl (C=O) groups excluding carboxylic acids is 2. The van der Waals surface area contributed by atoms with Gasteiger partial charge in [0, 0.05) is 11.8 Å². The third-order valence-corrected chi connectivity index (χ3v) is 3.10. The average Bonchev–Trinajstić information content (AvgIpc) is 2.41. The highest BCUT2D eigenvalue weighted by atomic mass is 19.1. The van der Waals surface area contributed by atoms with Crippen LogP contribution in [0.2, 0.25) is 0 Å². The fraction of sp³-hybridized carbons (Fsp3) is 0.385. The summed E-state index contributed by atoms with van der Waals surface area (Å²) in [6.07, 6.45) is 0.464. The van der Waals surface area contributed by atoms with E-state index >= 15 is 0 Å². The van der Waals surface area contributed by atoms with Crippen molar-refractivity contribution >= 4 is 17.5 Å². The Morgan fingerprint density at radius 1 is 1.47 bits per heavy atom. The van der Waals surface area contributed by atoms with E-state index < -0.39 is 11.9 Å². The number of methoxy groups -OCH3 is 1. The summed E-state index contributed by atoms with van der Waals surface area (Å²) < 4.78 is 18.5. The lowest BCUT2D eigenvalue weighted by atomic mass is 10.1. The summed E-state index contributed by atoms with van der Waals surface area (Å²) in [5.74, 6) is -0.936. The van der Waals surface area contributed by atoms with Crippen LogP contribution in [0, 0.1) is 5.82 Å². The summed E-state index contributed by atoms with van der Waals surface area (Å²) >= 11 is 0. The highest BCUT2D eigenvalue weighted by molar-refractivity contribution is 6.06. The molecule has 1 aromatic carbocycles. The fourth-order valence-corrected chi connectivity index (χ4v) is 2.15. The van der Waals surface area contributed by atoms with Crippen LogP contribution in [-0.2, 0) is 9.59 Å². The van der Waals surface area contributed by atoms with E-state index in [1.807, 2.05) is 0 Å². The van der Waals surface area contributed by atoms with Crippen molar-refractivity contribution in [3.63, 3.8) is 0 Å². The number of hydrogen-bond donors (Lipinski definition) is 1. The van der Waals surface area contributed by atoms with Crippen molar-refractivity contribution in [2.24, 2.45) is 0 Å². The van der Waals surface area contributed by atoms with Gasteiger partial charge in [-0.15, -0.1) is 0 Å². The minimum absolute atomic E-state index is 0.0665. The molecular formula is C13H15FN2O3. The molecule has 2 amide bonds. The quantitative estimate of drug-likeness (QED) is 0.890. The number of piperazine rings is 1. The Morgan fingerprint density at radius 2 is 2.21 bits per heavy atom. The molecule has 6 heteroatoms. The molecule has 1 saturated heterocycles. The lowest BCUT2D eigenvalue weighted by Gasteiger charge is -2.34. The van der Waals surface area contributed by atoms with Gasteiger partial charge in [-0.1, -0.05) is 6.92 Å². The zero-order valence-corrected chi connectivity index (χ0v) is 10.8. The van der Waals surface area contributed by atoms with Crippen molar-refractivity contribution in [1.29, 1.82) is 0 Å². The summed E-state index contributed by atoms with van der Waals surface area (Å²) in [5, 5.41) is 2.52. The Kier molecular flexibility index (Phi) is 3.69. The standard InChI is InChI=1S/C13H15FN2O3/c1-3-10-13(18)15-7-12(17)16(10)8-4-5-11(19-2)9(14)6-8/h4-6,10H,3,7H2,1-2H3,(H,15,18). The minimum Gasteiger partial charge on any atom is -0.494 e. The molecule has 5 nitrogen and oxygen atoms in total. The molecule has 0 saturated carbocycles. The van der Waals surface area contributed by atoms with Gasteiger partial charge in [-0.25, -0.2) is 4.39 Å². The van der Waals surface area contributed by atoms with E-state index in [0.29, 0.717) is 12.1 Å². The predicted octanol–water partition coefficient (Wildman–Crippen LogP) is 1.08. The van der Waals surface area contributed by atoms with Crippen molar-refractivity contribution in [3.05, 3.63) is 24.0 Å². The van der Waals surface area contributed by atoms with Crippen LogP contribution in [0.15, 0.2) is 18.2 Å². The fourth-order valence-electron chi connectivity index (χ4n) is 2.15. The number of carbonyl (C=O) groups is 2. The normalized spacial score (nSPS) is 19.3. The van der Waals surface area contributed by atoms with Gasteiger partial charge < -0.3 is 10.1 Å². The zero-order chi connectivity index (χ0) is 14.0. The molecule has 1 aliphatic rings. The molecule has 0 spiro atoms. The van der Waals surface area contributed by atoms with Crippen molar-refractivity contribution in [2.75, 3.05) is 18.6 Å². The number of amides is 2. The zero-order valence-electron chi connectivity index (χ0n) is 10.8. The van der Waals surface area contributed by atoms with E-state index in [4.69, 9.17) is 4.74 Å². The largest absolute Gasteiger partial charge is 0.494 e. The number of ether oxygens (including phenoxy) is 1. The molecular weight excluding hydrogens is 251 g/mol. The van der Waals surface area contributed by atoms with Crippen LogP contribution < -0.4 is 15.0 Å². The summed E-state index contributed by atoms with van der Waals surface area (Å²) in [6, 6.07) is 3.62. The van der Waals surface area contributed by atoms with Gasteiger partial charge in [0.2, 0.25) is 11.8 Å². The first-order valence-corrected chi connectivity index (χ1v) is 6.01. The van der Waals surface area contributed by atoms with E-state index in [1.165, 1.54) is 24.1 Å². The molecule has 2 rings (SSSR count). The van der Waals surface area contributed by atoms with Crippen LogP contribution in [0.3, 0.4) is 0 Å². The van der Waals surface area contributed by atoms with Gasteiger partial charge in [-0.3, -0.25) is 14.5 Å². The molecule has 1 atom stereocenters. The van der Waals surface area contributed by atoms with E-state index in [1.54, 1.807) is 13.0 Å². The molecule has 1 N–H and O–H groups in total. The molecule has 1 heterocycles. The molecule has 1 aliphatic heterocycles. The van der Waals surface area contributed by atoms with Gasteiger partial charge in [0.05, 0.1) is 13.7 Å². The Hall–Kier alpha value is -2.11. The number of rotatable bonds is 3. The number of anilines is 1. The lowest BCUT2D eigenvalue weighted by molar-refractivity contribution is -0.131. The first-order valence-electron chi connectivity index (χ1n) is 6.01. The summed E-state index contributed by atoms with van der Waals surface area (Å²) in [5.41, 5.74) is 0.366. The molecule has 1 unspecified atom stereocenters. The van der Waals surface area contributed by atoms with E-state index in [0.717, 1.165) is 0 Å². The second kappa shape index (κ2) is 5.26. The monoisotopic (exact) mass is 266 g/mol. The first-order chi connectivity index (χ1) is 9.08. The van der Waals surface area contributed by atoms with Gasteiger partial charge in [0.1, 0.15) is 6.04 Å². The van der Waals surface area contributed by atoms with Gasteiger partial charge >= 0.3 is 0 Å². The molecule has 102 valence electrons. The lowest BCUT2D eigenvalue weighted by Crippen LogP contribution is -2.58. The molecule has 0 aliphatic carbocycles. The maximum Gasteiger partial charge on any atom is 0.247 e. The van der Waals surface area contributed by atoms with E-state index in [9.17, 15) is 14.0 Å². The number of nitrogens with zero attached hydrogens (tertiary/aromatic N) is 1. The highest BCUT2D eigenvalue weighted by Gasteiger charge is 2.34. The second-order valence-electron chi connectivity index (χ2n) is 4.22. The number of halogens is 1. The highest BCUT2D eigenvalue weighted by Crippen LogP contribution is 2.26. The van der Waals surface area contributed by atoms with Crippen LogP contribution in [0.25, 0.3) is 0 Å². The van der Waals surface area contributed by atoms with Crippen LogP contribution >= 0.6 is 0 Å². The van der Waals surface area contributed by atoms with Crippen LogP contribution in [-0.4, -0.2) is 31.5 Å². The van der Waals surface area contributed by atoms with Crippen LogP contribution in [0.5, 0.6) is 5.75 Å². The molecule has 19 heavy (non-hydrogen) atoms. The third kappa shape index (κ3) is 2.38. The predicted molar refractivity (Wildman–Crippen MR) is 67.5 cm³/mol. The smallest absolute Gasteiger partial charge is 0.247 e. The van der Waals surface area contributed by atoms with Crippen molar-refractivity contribution in [2.45, 2.75) is 19.4 Å². The molecule has 1 fully saturated rings. The Balaban J connectivity index is 2.39. The van der Waals surface area contributed by atoms with Crippen molar-refractivity contribution < 1.29 is 18.7 Å². The van der Waals surface area contributed by atoms with E-state index in [2.05, 4.69) is 5.32 Å². The summed E-state index contributed by atoms with van der Waals surface area (Å²) in [6.45, 7) is 1.73. The summed E-state index contributed by atoms with van der Waals surface area (Å²) in [4.78, 5) is 25.0. The van der Waals surface area contributed by atoms with Gasteiger partial charge in [0.25, 0.3) is 0 Å². The van der Waals surface area contributed by atoms with Crippen molar-refractivity contribution in [1.82, 2.24) is 5.32 Å². The number of hydrogen-bond acceptors (Lipinski definition) is 3. The van der Waals surface area contributed by atoms with Gasteiger partial charge in [-0.05, 0) is 18.6 Å². The minimum atomic E-state index is -0.603. The molecule has 0 radical (unpaired) electrons. The second-order valence-corrected chi connectivity index (χ2v) is 4.22. The Labute approximate surface area is 110 Å². The van der Waals surface area contributed by atoms with Crippen LogP contribution in [0.1, 0.15) is 13.3 Å². The van der Waals surface area contributed by atoms with E-state index in [-0.39, 0.29) is 24.1 Å². The van der Waals surface area contributed by atoms with Gasteiger partial charge in [-0.2, -0.15) is 0 Å².